The number of nitrogens with zero attached hydrogens (tertiary/aromatic N) is 2. The van der Waals surface area contributed by atoms with Gasteiger partial charge in [0, 0.05) is 31.4 Å². The molecule has 0 aliphatic carbocycles. The van der Waals surface area contributed by atoms with Crippen LogP contribution in [0, 0.1) is 0 Å². The van der Waals surface area contributed by atoms with Crippen LogP contribution in [0.1, 0.15) is 25.0 Å². The largest absolute Gasteiger partial charge is 0.493 e. The summed E-state index contributed by atoms with van der Waals surface area (Å²) in [6.07, 6.45) is 4.85. The number of anilines is 1. The summed E-state index contributed by atoms with van der Waals surface area (Å²) in [6.45, 7) is 4.31. The maximum atomic E-state index is 12.4. The van der Waals surface area contributed by atoms with Crippen molar-refractivity contribution in [3.63, 3.8) is 0 Å². The lowest BCUT2D eigenvalue weighted by Gasteiger charge is -2.21. The third-order valence-corrected chi connectivity index (χ3v) is 3.65. The molecule has 0 saturated heterocycles. The Kier molecular flexibility index (Phi) is 8.62. The number of halogens is 1. The van der Waals surface area contributed by atoms with Gasteiger partial charge in [0.15, 0.2) is 11.5 Å². The quantitative estimate of drug-likeness (QED) is 0.730. The van der Waals surface area contributed by atoms with Gasteiger partial charge in [0.05, 0.1) is 13.2 Å². The van der Waals surface area contributed by atoms with Crippen LogP contribution >= 0.6 is 12.4 Å². The number of ether oxygens (including phenoxy) is 2. The van der Waals surface area contributed by atoms with Gasteiger partial charge in [-0.25, -0.2) is 4.98 Å². The van der Waals surface area contributed by atoms with Crippen LogP contribution in [0.3, 0.4) is 0 Å². The number of carbonyl (C=O) groups excluding carboxylic acids is 1. The van der Waals surface area contributed by atoms with Crippen molar-refractivity contribution < 1.29 is 14.3 Å². The first-order valence-electron chi connectivity index (χ1n) is 8.38. The number of rotatable bonds is 7. The molecule has 2 rings (SSSR count). The van der Waals surface area contributed by atoms with Gasteiger partial charge in [0.1, 0.15) is 5.82 Å². The molecule has 6 nitrogen and oxygen atoms in total. The monoisotopic (exact) mass is 391 g/mol. The van der Waals surface area contributed by atoms with E-state index >= 15 is 0 Å². The predicted molar refractivity (Wildman–Crippen MR) is 110 cm³/mol. The Balaban J connectivity index is 0.00000364. The summed E-state index contributed by atoms with van der Waals surface area (Å²) >= 11 is 0. The third-order valence-electron chi connectivity index (χ3n) is 3.65. The van der Waals surface area contributed by atoms with Gasteiger partial charge in [-0.2, -0.15) is 0 Å². The highest BCUT2D eigenvalue weighted by Crippen LogP contribution is 2.32. The van der Waals surface area contributed by atoms with Crippen molar-refractivity contribution in [2.24, 2.45) is 0 Å². The Hall–Kier alpha value is -2.73. The number of para-hydroxylation sites is 1. The first-order chi connectivity index (χ1) is 12.4. The molecule has 0 bridgehead atoms. The highest BCUT2D eigenvalue weighted by atomic mass is 35.5. The maximum Gasteiger partial charge on any atom is 0.246 e. The van der Waals surface area contributed by atoms with Crippen LogP contribution in [0.4, 0.5) is 5.82 Å². The summed E-state index contributed by atoms with van der Waals surface area (Å²) in [7, 11) is 3.34. The van der Waals surface area contributed by atoms with Gasteiger partial charge in [-0.1, -0.05) is 12.1 Å². The molecule has 1 aromatic carbocycles. The Morgan fingerprint density at radius 3 is 2.63 bits per heavy atom. The molecule has 0 spiro atoms. The zero-order chi connectivity index (χ0) is 19.1. The second kappa shape index (κ2) is 10.4. The Morgan fingerprint density at radius 2 is 2.04 bits per heavy atom. The fourth-order valence-corrected chi connectivity index (χ4v) is 2.36. The molecule has 1 aromatic heterocycles. The molecule has 146 valence electrons. The minimum atomic E-state index is -0.125. The molecular formula is C20H26ClN3O3. The molecule has 0 radical (unpaired) electrons. The van der Waals surface area contributed by atoms with E-state index in [0.717, 1.165) is 11.1 Å². The molecule has 0 unspecified atom stereocenters. The van der Waals surface area contributed by atoms with Gasteiger partial charge in [-0.05, 0) is 43.7 Å². The summed E-state index contributed by atoms with van der Waals surface area (Å²) in [5.74, 6) is 1.64. The number of carbonyl (C=O) groups is 1. The highest BCUT2D eigenvalue weighted by molar-refractivity contribution is 5.91. The molecule has 27 heavy (non-hydrogen) atoms. The number of hydrogen-bond donors (Lipinski definition) is 1. The smallest absolute Gasteiger partial charge is 0.246 e. The van der Waals surface area contributed by atoms with E-state index in [1.54, 1.807) is 37.4 Å². The number of amides is 1. The second-order valence-electron chi connectivity index (χ2n) is 6.16. The second-order valence-corrected chi connectivity index (χ2v) is 6.16. The Morgan fingerprint density at radius 1 is 1.30 bits per heavy atom. The minimum absolute atomic E-state index is 0. The maximum absolute atomic E-state index is 12.4. The molecule has 0 saturated carbocycles. The van der Waals surface area contributed by atoms with E-state index < -0.39 is 0 Å². The van der Waals surface area contributed by atoms with Crippen molar-refractivity contribution in [3.8, 4) is 11.5 Å². The summed E-state index contributed by atoms with van der Waals surface area (Å²) in [5, 5.41) is 0. The zero-order valence-corrected chi connectivity index (χ0v) is 16.8. The molecular weight excluding hydrogens is 366 g/mol. The van der Waals surface area contributed by atoms with E-state index in [0.29, 0.717) is 23.9 Å². The molecule has 0 aliphatic rings. The number of hydrogen-bond acceptors (Lipinski definition) is 5. The molecule has 1 heterocycles. The molecule has 7 heteroatoms. The fourth-order valence-electron chi connectivity index (χ4n) is 2.36. The number of likely N-dealkylation sites (N-methyl/N-ethyl adjacent to an activating group) is 1. The van der Waals surface area contributed by atoms with Crippen LogP contribution in [-0.4, -0.2) is 36.1 Å². The van der Waals surface area contributed by atoms with Crippen molar-refractivity contribution in [2.45, 2.75) is 26.5 Å². The molecule has 0 fully saturated rings. The van der Waals surface area contributed by atoms with E-state index in [9.17, 15) is 4.79 Å². The molecule has 2 N–H and O–H groups in total. The number of methoxy groups -OCH3 is 1. The lowest BCUT2D eigenvalue weighted by Crippen LogP contribution is -2.24. The van der Waals surface area contributed by atoms with E-state index in [4.69, 9.17) is 15.2 Å². The number of aromatic nitrogens is 1. The SMILES string of the molecule is COc1cccc(CN(C)C(=O)C=Cc2ccc(N)nc2)c1OC(C)C.Cl. The van der Waals surface area contributed by atoms with Crippen LogP contribution in [0.2, 0.25) is 0 Å². The molecule has 2 aromatic rings. The van der Waals surface area contributed by atoms with Crippen molar-refractivity contribution in [1.29, 1.82) is 0 Å². The van der Waals surface area contributed by atoms with Crippen molar-refractivity contribution in [2.75, 3.05) is 19.9 Å². The number of nitrogen functional groups attached to an aromatic ring is 1. The average molecular weight is 392 g/mol. The number of pyridine rings is 1. The first-order valence-corrected chi connectivity index (χ1v) is 8.38. The summed E-state index contributed by atoms with van der Waals surface area (Å²) in [6, 6.07) is 9.16. The van der Waals surface area contributed by atoms with Gasteiger partial charge in [0.25, 0.3) is 0 Å². The van der Waals surface area contributed by atoms with E-state index in [2.05, 4.69) is 4.98 Å². The normalized spacial score (nSPS) is 10.6. The van der Waals surface area contributed by atoms with Crippen molar-refractivity contribution in [3.05, 3.63) is 53.7 Å². The van der Waals surface area contributed by atoms with Crippen molar-refractivity contribution >= 4 is 30.2 Å². The van der Waals surface area contributed by atoms with Crippen LogP contribution in [0.25, 0.3) is 6.08 Å². The molecule has 1 amide bonds. The van der Waals surface area contributed by atoms with Crippen molar-refractivity contribution in [1.82, 2.24) is 9.88 Å². The van der Waals surface area contributed by atoms with Crippen LogP contribution < -0.4 is 15.2 Å². The van der Waals surface area contributed by atoms with Crippen LogP contribution in [0.5, 0.6) is 11.5 Å². The molecule has 0 atom stereocenters. The third kappa shape index (κ3) is 6.49. The van der Waals surface area contributed by atoms with Gasteiger partial charge < -0.3 is 20.1 Å². The number of benzene rings is 1. The van der Waals surface area contributed by atoms with E-state index in [-0.39, 0.29) is 24.4 Å². The van der Waals surface area contributed by atoms with Gasteiger partial charge in [-0.3, -0.25) is 4.79 Å². The lowest BCUT2D eigenvalue weighted by molar-refractivity contribution is -0.125. The van der Waals surface area contributed by atoms with Gasteiger partial charge >= 0.3 is 0 Å². The van der Waals surface area contributed by atoms with Gasteiger partial charge in [-0.15, -0.1) is 12.4 Å². The summed E-state index contributed by atoms with van der Waals surface area (Å²) < 4.78 is 11.3. The van der Waals surface area contributed by atoms with E-state index in [1.807, 2.05) is 38.1 Å². The predicted octanol–water partition coefficient (Wildman–Crippen LogP) is 3.55. The minimum Gasteiger partial charge on any atom is -0.493 e. The Bertz CT molecular complexity index is 777. The van der Waals surface area contributed by atoms with Crippen LogP contribution in [-0.2, 0) is 11.3 Å². The fraction of sp³-hybridized carbons (Fsp3) is 0.300. The lowest BCUT2D eigenvalue weighted by atomic mass is 10.1. The molecule has 0 aliphatic heterocycles. The topological polar surface area (TPSA) is 77.7 Å². The van der Waals surface area contributed by atoms with Gasteiger partial charge in [0.2, 0.25) is 5.91 Å². The Labute approximate surface area is 166 Å². The number of nitrogens with two attached hydrogens (primary N) is 1. The van der Waals surface area contributed by atoms with E-state index in [1.165, 1.54) is 6.08 Å². The summed E-state index contributed by atoms with van der Waals surface area (Å²) in [5.41, 5.74) is 7.25. The standard InChI is InChI=1S/C20H25N3O3.ClH/c1-14(2)26-20-16(6-5-7-17(20)25-4)13-23(3)19(24)11-9-15-8-10-18(21)22-12-15;/h5-12,14H,13H2,1-4H3,(H2,21,22);1H. The highest BCUT2D eigenvalue weighted by Gasteiger charge is 2.15. The summed E-state index contributed by atoms with van der Waals surface area (Å²) in [4.78, 5) is 18.0. The average Bonchev–Trinajstić information content (AvgIpc) is 2.61. The van der Waals surface area contributed by atoms with Crippen LogP contribution in [0.15, 0.2) is 42.6 Å². The first kappa shape index (κ1) is 22.3. The zero-order valence-electron chi connectivity index (χ0n) is 16.0.